The number of anilines is 1. The first kappa shape index (κ1) is 13.8. The molecule has 0 saturated carbocycles. The molecule has 2 heterocycles. The van der Waals surface area contributed by atoms with Crippen molar-refractivity contribution in [1.82, 2.24) is 0 Å². The lowest BCUT2D eigenvalue weighted by atomic mass is 9.97. The van der Waals surface area contributed by atoms with Gasteiger partial charge in [0.05, 0.1) is 6.61 Å². The van der Waals surface area contributed by atoms with Gasteiger partial charge in [-0.25, -0.2) is 0 Å². The zero-order valence-corrected chi connectivity index (χ0v) is 11.0. The quantitative estimate of drug-likeness (QED) is 0.547. The SMILES string of the molecule is OCC1O[C@@H](N2CCc3ccccc32)C(O)C(O)[C@@H]1O. The van der Waals surface area contributed by atoms with Crippen molar-refractivity contribution in [2.24, 2.45) is 0 Å². The first-order valence-electron chi connectivity index (χ1n) is 6.78. The van der Waals surface area contributed by atoms with Crippen LogP contribution >= 0.6 is 0 Å². The van der Waals surface area contributed by atoms with Crippen LogP contribution in [0.15, 0.2) is 24.3 Å². The predicted octanol–water partition coefficient (Wildman–Crippen LogP) is -1.15. The Morgan fingerprint density at radius 2 is 1.85 bits per heavy atom. The second-order valence-electron chi connectivity index (χ2n) is 5.29. The average Bonchev–Trinajstić information content (AvgIpc) is 2.89. The molecule has 0 spiro atoms. The molecule has 3 rings (SSSR count). The van der Waals surface area contributed by atoms with Gasteiger partial charge in [-0.15, -0.1) is 0 Å². The fourth-order valence-electron chi connectivity index (χ4n) is 2.97. The summed E-state index contributed by atoms with van der Waals surface area (Å²) >= 11 is 0. The molecule has 1 saturated heterocycles. The van der Waals surface area contributed by atoms with E-state index in [2.05, 4.69) is 0 Å². The highest BCUT2D eigenvalue weighted by Gasteiger charge is 2.46. The standard InChI is InChI=1S/C14H19NO5/c16-7-10-11(17)12(18)13(19)14(20-10)15-6-5-8-3-1-2-4-9(8)15/h1-4,10-14,16-19H,5-7H2/t10?,11-,12?,13?,14-/m1/s1. The zero-order valence-electron chi connectivity index (χ0n) is 11.0. The van der Waals surface area contributed by atoms with Crippen molar-refractivity contribution in [2.45, 2.75) is 37.1 Å². The van der Waals surface area contributed by atoms with Crippen LogP contribution in [0.5, 0.6) is 0 Å². The molecule has 5 atom stereocenters. The fourth-order valence-corrected chi connectivity index (χ4v) is 2.97. The summed E-state index contributed by atoms with van der Waals surface area (Å²) in [4.78, 5) is 1.87. The largest absolute Gasteiger partial charge is 0.394 e. The van der Waals surface area contributed by atoms with E-state index in [9.17, 15) is 20.4 Å². The average molecular weight is 281 g/mol. The molecule has 1 aromatic carbocycles. The van der Waals surface area contributed by atoms with E-state index in [1.54, 1.807) is 0 Å². The number of aliphatic hydroxyl groups excluding tert-OH is 4. The first-order chi connectivity index (χ1) is 9.63. The monoisotopic (exact) mass is 281 g/mol. The molecular formula is C14H19NO5. The molecule has 2 aliphatic rings. The van der Waals surface area contributed by atoms with Gasteiger partial charge in [0.25, 0.3) is 0 Å². The Balaban J connectivity index is 1.87. The lowest BCUT2D eigenvalue weighted by molar-refractivity contribution is -0.228. The summed E-state index contributed by atoms with van der Waals surface area (Å²) in [6.45, 7) is 0.263. The van der Waals surface area contributed by atoms with Crippen LogP contribution in [0.2, 0.25) is 0 Å². The van der Waals surface area contributed by atoms with Crippen LogP contribution in [0.3, 0.4) is 0 Å². The highest BCUT2D eigenvalue weighted by atomic mass is 16.6. The van der Waals surface area contributed by atoms with Crippen LogP contribution < -0.4 is 4.90 Å². The third-order valence-corrected chi connectivity index (χ3v) is 4.10. The highest BCUT2D eigenvalue weighted by molar-refractivity contribution is 5.58. The first-order valence-corrected chi connectivity index (χ1v) is 6.78. The van der Waals surface area contributed by atoms with E-state index >= 15 is 0 Å². The number of hydrogen-bond acceptors (Lipinski definition) is 6. The molecule has 4 N–H and O–H groups in total. The molecule has 3 unspecified atom stereocenters. The van der Waals surface area contributed by atoms with Gasteiger partial charge >= 0.3 is 0 Å². The molecule has 0 bridgehead atoms. The van der Waals surface area contributed by atoms with Crippen molar-refractivity contribution in [1.29, 1.82) is 0 Å². The van der Waals surface area contributed by atoms with Gasteiger partial charge in [-0.05, 0) is 18.1 Å². The van der Waals surface area contributed by atoms with E-state index in [0.29, 0.717) is 6.54 Å². The van der Waals surface area contributed by atoms with E-state index in [-0.39, 0.29) is 0 Å². The van der Waals surface area contributed by atoms with E-state index < -0.39 is 37.3 Å². The van der Waals surface area contributed by atoms with Crippen molar-refractivity contribution in [2.75, 3.05) is 18.1 Å². The summed E-state index contributed by atoms with van der Waals surface area (Å²) in [6.07, 6.45) is -4.67. The van der Waals surface area contributed by atoms with Gasteiger partial charge in [0.2, 0.25) is 0 Å². The number of para-hydroxylation sites is 1. The Hall–Kier alpha value is -1.18. The van der Waals surface area contributed by atoms with Crippen molar-refractivity contribution in [3.05, 3.63) is 29.8 Å². The Bertz CT molecular complexity index is 480. The zero-order chi connectivity index (χ0) is 14.3. The van der Waals surface area contributed by atoms with Crippen LogP contribution in [-0.4, -0.2) is 64.2 Å². The summed E-state index contributed by atoms with van der Waals surface area (Å²) in [7, 11) is 0. The summed E-state index contributed by atoms with van der Waals surface area (Å²) in [5.74, 6) is 0. The Morgan fingerprint density at radius 3 is 2.60 bits per heavy atom. The lowest BCUT2D eigenvalue weighted by Gasteiger charge is -2.44. The summed E-state index contributed by atoms with van der Waals surface area (Å²) in [5.41, 5.74) is 2.11. The van der Waals surface area contributed by atoms with Crippen LogP contribution in [0.4, 0.5) is 5.69 Å². The van der Waals surface area contributed by atoms with E-state index in [4.69, 9.17) is 4.74 Å². The van der Waals surface area contributed by atoms with Crippen LogP contribution in [0, 0.1) is 0 Å². The Morgan fingerprint density at radius 1 is 1.10 bits per heavy atom. The fraction of sp³-hybridized carbons (Fsp3) is 0.571. The van der Waals surface area contributed by atoms with Gasteiger partial charge in [-0.2, -0.15) is 0 Å². The second-order valence-corrected chi connectivity index (χ2v) is 5.29. The maximum absolute atomic E-state index is 10.1. The normalized spacial score (nSPS) is 37.0. The number of benzene rings is 1. The molecule has 0 amide bonds. The molecule has 1 fully saturated rings. The van der Waals surface area contributed by atoms with E-state index in [1.807, 2.05) is 29.2 Å². The van der Waals surface area contributed by atoms with Crippen LogP contribution in [0.25, 0.3) is 0 Å². The highest BCUT2D eigenvalue weighted by Crippen LogP contribution is 2.33. The smallest absolute Gasteiger partial charge is 0.159 e. The number of hydrogen-bond donors (Lipinski definition) is 4. The molecule has 6 nitrogen and oxygen atoms in total. The summed E-state index contributed by atoms with van der Waals surface area (Å²) < 4.78 is 5.59. The predicted molar refractivity (Wildman–Crippen MR) is 71.3 cm³/mol. The maximum Gasteiger partial charge on any atom is 0.159 e. The van der Waals surface area contributed by atoms with Gasteiger partial charge in [-0.3, -0.25) is 0 Å². The van der Waals surface area contributed by atoms with Crippen molar-refractivity contribution in [3.8, 4) is 0 Å². The van der Waals surface area contributed by atoms with E-state index in [1.165, 1.54) is 0 Å². The Kier molecular flexibility index (Phi) is 3.66. The molecule has 0 radical (unpaired) electrons. The van der Waals surface area contributed by atoms with Crippen molar-refractivity contribution >= 4 is 5.69 Å². The molecule has 20 heavy (non-hydrogen) atoms. The van der Waals surface area contributed by atoms with Gasteiger partial charge in [0.15, 0.2) is 6.23 Å². The van der Waals surface area contributed by atoms with Crippen molar-refractivity contribution in [3.63, 3.8) is 0 Å². The summed E-state index contributed by atoms with van der Waals surface area (Å²) in [6, 6.07) is 7.81. The second kappa shape index (κ2) is 5.31. The van der Waals surface area contributed by atoms with Gasteiger partial charge in [-0.1, -0.05) is 18.2 Å². The minimum Gasteiger partial charge on any atom is -0.394 e. The number of rotatable bonds is 2. The molecule has 6 heteroatoms. The number of aliphatic hydroxyl groups is 4. The maximum atomic E-state index is 10.1. The topological polar surface area (TPSA) is 93.4 Å². The Labute approximate surface area is 116 Å². The molecule has 1 aromatic rings. The van der Waals surface area contributed by atoms with Crippen LogP contribution in [0.1, 0.15) is 5.56 Å². The molecular weight excluding hydrogens is 262 g/mol. The third kappa shape index (κ3) is 2.10. The van der Waals surface area contributed by atoms with E-state index in [0.717, 1.165) is 17.7 Å². The third-order valence-electron chi connectivity index (χ3n) is 4.10. The lowest BCUT2D eigenvalue weighted by Crippen LogP contribution is -2.63. The minimum absolute atomic E-state index is 0.406. The van der Waals surface area contributed by atoms with Gasteiger partial charge in [0.1, 0.15) is 24.4 Å². The molecule has 0 aromatic heterocycles. The summed E-state index contributed by atoms with van der Waals surface area (Å²) in [5, 5.41) is 39.0. The molecule has 0 aliphatic carbocycles. The number of ether oxygens (including phenoxy) is 1. The molecule has 2 aliphatic heterocycles. The minimum atomic E-state index is -1.33. The number of nitrogens with zero attached hydrogens (tertiary/aromatic N) is 1. The number of fused-ring (bicyclic) bond motifs is 1. The van der Waals surface area contributed by atoms with Gasteiger partial charge in [0, 0.05) is 12.2 Å². The molecule has 110 valence electrons. The van der Waals surface area contributed by atoms with Gasteiger partial charge < -0.3 is 30.1 Å². The van der Waals surface area contributed by atoms with Crippen molar-refractivity contribution < 1.29 is 25.2 Å². The van der Waals surface area contributed by atoms with Crippen LogP contribution in [-0.2, 0) is 11.2 Å².